The Bertz CT molecular complexity index is 388. The lowest BCUT2D eigenvalue weighted by molar-refractivity contribution is 0.235. The molecule has 112 valence electrons. The molecule has 1 fully saturated rings. The molecule has 1 N–H and O–H groups in total. The van der Waals surface area contributed by atoms with Crippen molar-refractivity contribution in [2.24, 2.45) is 0 Å². The van der Waals surface area contributed by atoms with Crippen LogP contribution in [0.4, 0.5) is 0 Å². The normalized spacial score (nSPS) is 17.3. The van der Waals surface area contributed by atoms with Gasteiger partial charge in [-0.05, 0) is 51.9 Å². The monoisotopic (exact) mass is 276 g/mol. The van der Waals surface area contributed by atoms with Crippen LogP contribution in [0.1, 0.15) is 44.7 Å². The summed E-state index contributed by atoms with van der Waals surface area (Å²) in [7, 11) is 0. The summed E-state index contributed by atoms with van der Waals surface area (Å²) in [5, 5.41) is 3.53. The van der Waals surface area contributed by atoms with E-state index in [2.05, 4.69) is 48.3 Å². The van der Waals surface area contributed by atoms with Gasteiger partial charge in [-0.25, -0.2) is 0 Å². The van der Waals surface area contributed by atoms with Crippen LogP contribution in [0, 0.1) is 0 Å². The van der Waals surface area contributed by atoms with Gasteiger partial charge in [0, 0.05) is 18.2 Å². The number of rotatable bonds is 8. The van der Waals surface area contributed by atoms with E-state index < -0.39 is 0 Å². The summed E-state index contributed by atoms with van der Waals surface area (Å²) in [6, 6.07) is 8.74. The lowest BCUT2D eigenvalue weighted by Gasteiger charge is -2.19. The topological polar surface area (TPSA) is 24.5 Å². The van der Waals surface area contributed by atoms with E-state index >= 15 is 0 Å². The van der Waals surface area contributed by atoms with Crippen LogP contribution in [-0.2, 0) is 0 Å². The van der Waals surface area contributed by atoms with Crippen molar-refractivity contribution >= 4 is 0 Å². The van der Waals surface area contributed by atoms with Crippen molar-refractivity contribution in [3.63, 3.8) is 0 Å². The summed E-state index contributed by atoms with van der Waals surface area (Å²) in [5.41, 5.74) is 1.27. The second-order valence-electron chi connectivity index (χ2n) is 5.61. The van der Waals surface area contributed by atoms with Crippen molar-refractivity contribution in [1.29, 1.82) is 0 Å². The summed E-state index contributed by atoms with van der Waals surface area (Å²) < 4.78 is 6.02. The number of para-hydroxylation sites is 1. The molecular formula is C17H28N2O. The second-order valence-corrected chi connectivity index (χ2v) is 5.61. The van der Waals surface area contributed by atoms with Gasteiger partial charge in [0.1, 0.15) is 12.4 Å². The first kappa shape index (κ1) is 15.3. The predicted molar refractivity (Wildman–Crippen MR) is 84.3 cm³/mol. The van der Waals surface area contributed by atoms with Gasteiger partial charge in [0.25, 0.3) is 0 Å². The fraction of sp³-hybridized carbons (Fsp3) is 0.647. The van der Waals surface area contributed by atoms with Crippen LogP contribution in [0.3, 0.4) is 0 Å². The quantitative estimate of drug-likeness (QED) is 0.789. The molecule has 0 aromatic heterocycles. The van der Waals surface area contributed by atoms with Crippen molar-refractivity contribution in [2.45, 2.75) is 39.2 Å². The van der Waals surface area contributed by atoms with E-state index in [1.807, 2.05) is 0 Å². The van der Waals surface area contributed by atoms with Crippen molar-refractivity contribution in [2.75, 3.05) is 32.8 Å². The zero-order chi connectivity index (χ0) is 14.2. The fourth-order valence-corrected chi connectivity index (χ4v) is 2.73. The molecule has 0 radical (unpaired) electrons. The van der Waals surface area contributed by atoms with Crippen LogP contribution < -0.4 is 10.1 Å². The lowest BCUT2D eigenvalue weighted by atomic mass is 10.1. The van der Waals surface area contributed by atoms with Gasteiger partial charge in [0.15, 0.2) is 0 Å². The number of ether oxygens (including phenoxy) is 1. The average Bonchev–Trinajstić information content (AvgIpc) is 2.98. The third-order valence-corrected chi connectivity index (χ3v) is 3.95. The van der Waals surface area contributed by atoms with Gasteiger partial charge in [-0.2, -0.15) is 0 Å². The number of hydrogen-bond acceptors (Lipinski definition) is 3. The Kier molecular flexibility index (Phi) is 6.34. The molecule has 0 aliphatic carbocycles. The molecule has 2 rings (SSSR count). The lowest BCUT2D eigenvalue weighted by Crippen LogP contribution is -2.25. The first-order valence-electron chi connectivity index (χ1n) is 7.98. The molecule has 0 saturated carbocycles. The van der Waals surface area contributed by atoms with Gasteiger partial charge >= 0.3 is 0 Å². The van der Waals surface area contributed by atoms with E-state index in [-0.39, 0.29) is 0 Å². The van der Waals surface area contributed by atoms with E-state index in [1.54, 1.807) is 0 Å². The highest BCUT2D eigenvalue weighted by Crippen LogP contribution is 2.24. The molecule has 0 spiro atoms. The molecule has 1 heterocycles. The summed E-state index contributed by atoms with van der Waals surface area (Å²) in [6.07, 6.45) is 3.84. The number of benzene rings is 1. The Morgan fingerprint density at radius 1 is 1.25 bits per heavy atom. The number of nitrogens with zero attached hydrogens (tertiary/aromatic N) is 1. The molecule has 1 aromatic rings. The standard InChI is InChI=1S/C17H28N2O/c1-3-10-18-15(2)16-8-4-5-9-17(16)20-14-13-19-11-6-7-12-19/h4-5,8-9,15,18H,3,6-7,10-14H2,1-2H3. The van der Waals surface area contributed by atoms with E-state index in [1.165, 1.54) is 31.5 Å². The molecule has 1 aliphatic heterocycles. The largest absolute Gasteiger partial charge is 0.492 e. The van der Waals surface area contributed by atoms with Gasteiger partial charge in [-0.15, -0.1) is 0 Å². The Morgan fingerprint density at radius 2 is 2.00 bits per heavy atom. The molecule has 1 unspecified atom stereocenters. The minimum Gasteiger partial charge on any atom is -0.492 e. The van der Waals surface area contributed by atoms with E-state index in [4.69, 9.17) is 4.74 Å². The maximum atomic E-state index is 6.02. The van der Waals surface area contributed by atoms with Gasteiger partial charge in [-0.1, -0.05) is 25.1 Å². The highest BCUT2D eigenvalue weighted by Gasteiger charge is 2.13. The van der Waals surface area contributed by atoms with Gasteiger partial charge in [0.2, 0.25) is 0 Å². The minimum absolute atomic E-state index is 0.345. The average molecular weight is 276 g/mol. The highest BCUT2D eigenvalue weighted by molar-refractivity contribution is 5.35. The van der Waals surface area contributed by atoms with Crippen molar-refractivity contribution < 1.29 is 4.74 Å². The Balaban J connectivity index is 1.86. The van der Waals surface area contributed by atoms with Crippen LogP contribution >= 0.6 is 0 Å². The third-order valence-electron chi connectivity index (χ3n) is 3.95. The van der Waals surface area contributed by atoms with Crippen LogP contribution in [0.25, 0.3) is 0 Å². The molecule has 3 heteroatoms. The molecule has 1 saturated heterocycles. The molecule has 0 amide bonds. The van der Waals surface area contributed by atoms with Gasteiger partial charge < -0.3 is 10.1 Å². The first-order valence-corrected chi connectivity index (χ1v) is 7.98. The molecule has 0 bridgehead atoms. The second kappa shape index (κ2) is 8.28. The SMILES string of the molecule is CCCNC(C)c1ccccc1OCCN1CCCC1. The van der Waals surface area contributed by atoms with Crippen molar-refractivity contribution in [3.8, 4) is 5.75 Å². The van der Waals surface area contributed by atoms with E-state index in [0.717, 1.165) is 31.9 Å². The minimum atomic E-state index is 0.345. The van der Waals surface area contributed by atoms with Crippen LogP contribution in [-0.4, -0.2) is 37.7 Å². The number of likely N-dealkylation sites (tertiary alicyclic amines) is 1. The smallest absolute Gasteiger partial charge is 0.124 e. The highest BCUT2D eigenvalue weighted by atomic mass is 16.5. The summed E-state index contributed by atoms with van der Waals surface area (Å²) >= 11 is 0. The molecule has 3 nitrogen and oxygen atoms in total. The maximum Gasteiger partial charge on any atom is 0.124 e. The maximum absolute atomic E-state index is 6.02. The van der Waals surface area contributed by atoms with Crippen molar-refractivity contribution in [3.05, 3.63) is 29.8 Å². The molecule has 20 heavy (non-hydrogen) atoms. The van der Waals surface area contributed by atoms with Gasteiger partial charge in [-0.3, -0.25) is 4.90 Å². The predicted octanol–water partition coefficient (Wildman–Crippen LogP) is 3.22. The Hall–Kier alpha value is -1.06. The van der Waals surface area contributed by atoms with Crippen LogP contribution in [0.2, 0.25) is 0 Å². The van der Waals surface area contributed by atoms with Crippen LogP contribution in [0.15, 0.2) is 24.3 Å². The molecule has 1 aliphatic rings. The third kappa shape index (κ3) is 4.50. The Morgan fingerprint density at radius 3 is 2.75 bits per heavy atom. The molecular weight excluding hydrogens is 248 g/mol. The molecule has 1 aromatic carbocycles. The van der Waals surface area contributed by atoms with Crippen molar-refractivity contribution in [1.82, 2.24) is 10.2 Å². The fourth-order valence-electron chi connectivity index (χ4n) is 2.73. The summed E-state index contributed by atoms with van der Waals surface area (Å²) in [4.78, 5) is 2.49. The summed E-state index contributed by atoms with van der Waals surface area (Å²) in [5.74, 6) is 1.03. The van der Waals surface area contributed by atoms with Gasteiger partial charge in [0.05, 0.1) is 0 Å². The summed E-state index contributed by atoms with van der Waals surface area (Å²) in [6.45, 7) is 9.75. The first-order chi connectivity index (χ1) is 9.81. The molecule has 1 atom stereocenters. The van der Waals surface area contributed by atoms with Crippen LogP contribution in [0.5, 0.6) is 5.75 Å². The van der Waals surface area contributed by atoms with E-state index in [9.17, 15) is 0 Å². The zero-order valence-corrected chi connectivity index (χ0v) is 12.9. The van der Waals surface area contributed by atoms with E-state index in [0.29, 0.717) is 6.04 Å². The number of hydrogen-bond donors (Lipinski definition) is 1. The zero-order valence-electron chi connectivity index (χ0n) is 12.9. The Labute approximate surface area is 123 Å². The number of nitrogens with one attached hydrogen (secondary N) is 1.